The smallest absolute Gasteiger partial charge is 0.224 e. The zero-order valence-electron chi connectivity index (χ0n) is 18.0. The minimum atomic E-state index is 0. The molecule has 0 atom stereocenters. The molecule has 0 spiro atoms. The van der Waals surface area contributed by atoms with E-state index in [1.807, 2.05) is 56.3 Å². The molecule has 2 aromatic carbocycles. The largest absolute Gasteiger partial charge is 0.496 e. The van der Waals surface area contributed by atoms with Crippen LogP contribution in [0.2, 0.25) is 0 Å². The van der Waals surface area contributed by atoms with Gasteiger partial charge >= 0.3 is 0 Å². The highest BCUT2D eigenvalue weighted by atomic mass is 127. The van der Waals surface area contributed by atoms with Gasteiger partial charge in [0.1, 0.15) is 5.75 Å². The molecule has 0 heterocycles. The van der Waals surface area contributed by atoms with Gasteiger partial charge in [-0.1, -0.05) is 37.3 Å². The second kappa shape index (κ2) is 14.7. The van der Waals surface area contributed by atoms with Crippen molar-refractivity contribution >= 4 is 41.5 Å². The van der Waals surface area contributed by atoms with Crippen molar-refractivity contribution in [2.45, 2.75) is 39.7 Å². The fraction of sp³-hybridized carbons (Fsp3) is 0.391. The Labute approximate surface area is 196 Å². The predicted molar refractivity (Wildman–Crippen MR) is 135 cm³/mol. The molecule has 7 heteroatoms. The van der Waals surface area contributed by atoms with Gasteiger partial charge in [0.05, 0.1) is 13.7 Å². The number of benzene rings is 2. The summed E-state index contributed by atoms with van der Waals surface area (Å²) in [7, 11) is 1.69. The van der Waals surface area contributed by atoms with Gasteiger partial charge in [-0.2, -0.15) is 0 Å². The van der Waals surface area contributed by atoms with Gasteiger partial charge < -0.3 is 20.7 Å². The Bertz CT molecular complexity index is 811. The summed E-state index contributed by atoms with van der Waals surface area (Å²) in [6, 6.07) is 15.9. The number of halogens is 1. The van der Waals surface area contributed by atoms with Gasteiger partial charge in [0.15, 0.2) is 5.96 Å². The predicted octanol–water partition coefficient (Wildman–Crippen LogP) is 4.35. The Morgan fingerprint density at radius 2 is 1.87 bits per heavy atom. The Balaban J connectivity index is 0.00000450. The maximum Gasteiger partial charge on any atom is 0.224 e. The van der Waals surface area contributed by atoms with E-state index in [4.69, 9.17) is 4.74 Å². The number of carbonyl (C=O) groups excluding carboxylic acids is 1. The van der Waals surface area contributed by atoms with E-state index in [9.17, 15) is 4.79 Å². The number of aliphatic imine (C=N–C) groups is 1. The van der Waals surface area contributed by atoms with E-state index in [-0.39, 0.29) is 29.9 Å². The lowest BCUT2D eigenvalue weighted by Crippen LogP contribution is -2.38. The highest BCUT2D eigenvalue weighted by Crippen LogP contribution is 2.17. The van der Waals surface area contributed by atoms with Crippen LogP contribution in [-0.2, 0) is 17.8 Å². The number of carbonyl (C=O) groups is 1. The van der Waals surface area contributed by atoms with Crippen LogP contribution < -0.4 is 20.7 Å². The summed E-state index contributed by atoms with van der Waals surface area (Å²) in [5.41, 5.74) is 3.01. The van der Waals surface area contributed by atoms with Gasteiger partial charge in [0.25, 0.3) is 0 Å². The average molecular weight is 524 g/mol. The molecule has 0 saturated carbocycles. The number of nitrogens with zero attached hydrogens (tertiary/aromatic N) is 1. The molecule has 0 aromatic heterocycles. The van der Waals surface area contributed by atoms with Crippen molar-refractivity contribution in [2.24, 2.45) is 4.99 Å². The highest BCUT2D eigenvalue weighted by molar-refractivity contribution is 14.0. The number of ether oxygens (including phenoxy) is 1. The van der Waals surface area contributed by atoms with Gasteiger partial charge in [-0.25, -0.2) is 4.99 Å². The van der Waals surface area contributed by atoms with Crippen molar-refractivity contribution in [1.82, 2.24) is 10.6 Å². The minimum Gasteiger partial charge on any atom is -0.496 e. The molecule has 164 valence electrons. The highest BCUT2D eigenvalue weighted by Gasteiger charge is 2.04. The average Bonchev–Trinajstić information content (AvgIpc) is 2.73. The number of guanidine groups is 1. The molecular formula is C23H33IN4O2. The van der Waals surface area contributed by atoms with Crippen LogP contribution >= 0.6 is 24.0 Å². The molecule has 0 fully saturated rings. The summed E-state index contributed by atoms with van der Waals surface area (Å²) < 4.78 is 5.41. The quantitative estimate of drug-likeness (QED) is 0.246. The molecule has 0 aliphatic rings. The molecule has 1 amide bonds. The molecule has 0 aliphatic carbocycles. The third-order valence-corrected chi connectivity index (χ3v) is 4.33. The lowest BCUT2D eigenvalue weighted by atomic mass is 10.1. The monoisotopic (exact) mass is 524 g/mol. The summed E-state index contributed by atoms with van der Waals surface area (Å²) >= 11 is 0. The zero-order chi connectivity index (χ0) is 20.9. The molecular weight excluding hydrogens is 491 g/mol. The summed E-state index contributed by atoms with van der Waals surface area (Å²) in [6.07, 6.45) is 2.21. The first-order valence-electron chi connectivity index (χ1n) is 10.2. The Morgan fingerprint density at radius 1 is 1.07 bits per heavy atom. The van der Waals surface area contributed by atoms with Crippen LogP contribution in [0.1, 0.15) is 37.8 Å². The molecule has 0 unspecified atom stereocenters. The van der Waals surface area contributed by atoms with Crippen LogP contribution in [0.4, 0.5) is 5.69 Å². The number of hydrogen-bond donors (Lipinski definition) is 3. The van der Waals surface area contributed by atoms with E-state index in [1.165, 1.54) is 0 Å². The SMILES string of the molecule is CCCC(=O)Nc1cccc(CN=C(NCC)NCCc2ccccc2OC)c1.I. The summed E-state index contributed by atoms with van der Waals surface area (Å²) in [5, 5.41) is 9.57. The molecule has 2 rings (SSSR count). The number of para-hydroxylation sites is 1. The van der Waals surface area contributed by atoms with Crippen LogP contribution in [-0.4, -0.2) is 32.1 Å². The summed E-state index contributed by atoms with van der Waals surface area (Å²) in [6.45, 7) is 6.10. The normalized spacial score (nSPS) is 10.7. The van der Waals surface area contributed by atoms with E-state index >= 15 is 0 Å². The van der Waals surface area contributed by atoms with E-state index < -0.39 is 0 Å². The van der Waals surface area contributed by atoms with Gasteiger partial charge in [0, 0.05) is 25.2 Å². The van der Waals surface area contributed by atoms with Crippen LogP contribution in [0.15, 0.2) is 53.5 Å². The van der Waals surface area contributed by atoms with E-state index in [1.54, 1.807) is 7.11 Å². The topological polar surface area (TPSA) is 74.8 Å². The molecule has 0 aliphatic heterocycles. The number of anilines is 1. The lowest BCUT2D eigenvalue weighted by molar-refractivity contribution is -0.116. The first kappa shape index (κ1) is 25.7. The lowest BCUT2D eigenvalue weighted by Gasteiger charge is -2.13. The van der Waals surface area contributed by atoms with Crippen LogP contribution in [0.3, 0.4) is 0 Å². The van der Waals surface area contributed by atoms with E-state index in [2.05, 4.69) is 27.0 Å². The maximum atomic E-state index is 11.8. The molecule has 30 heavy (non-hydrogen) atoms. The maximum absolute atomic E-state index is 11.8. The standard InChI is InChI=1S/C23H32N4O2.HI/c1-4-9-22(28)27-20-12-8-10-18(16-20)17-26-23(24-5-2)25-15-14-19-11-6-7-13-21(19)29-3;/h6-8,10-13,16H,4-5,9,14-15,17H2,1-3H3,(H,27,28)(H2,24,25,26);1H. The second-order valence-corrected chi connectivity index (χ2v) is 6.68. The van der Waals surface area contributed by atoms with Crippen LogP contribution in [0, 0.1) is 0 Å². The first-order valence-corrected chi connectivity index (χ1v) is 10.2. The Morgan fingerprint density at radius 3 is 2.60 bits per heavy atom. The Kier molecular flexibility index (Phi) is 12.6. The van der Waals surface area contributed by atoms with Gasteiger partial charge in [0.2, 0.25) is 5.91 Å². The van der Waals surface area contributed by atoms with Crippen LogP contribution in [0.25, 0.3) is 0 Å². The van der Waals surface area contributed by atoms with Crippen molar-refractivity contribution in [1.29, 1.82) is 0 Å². The van der Waals surface area contributed by atoms with Crippen molar-refractivity contribution in [3.05, 3.63) is 59.7 Å². The number of methoxy groups -OCH3 is 1. The van der Waals surface area contributed by atoms with Crippen LogP contribution in [0.5, 0.6) is 5.75 Å². The molecule has 6 nitrogen and oxygen atoms in total. The molecule has 3 N–H and O–H groups in total. The third kappa shape index (κ3) is 9.02. The molecule has 0 saturated heterocycles. The van der Waals surface area contributed by atoms with Gasteiger partial charge in [-0.3, -0.25) is 4.79 Å². The summed E-state index contributed by atoms with van der Waals surface area (Å²) in [4.78, 5) is 16.5. The van der Waals surface area contributed by atoms with Crippen molar-refractivity contribution in [2.75, 3.05) is 25.5 Å². The second-order valence-electron chi connectivity index (χ2n) is 6.68. The van der Waals surface area contributed by atoms with E-state index in [0.29, 0.717) is 13.0 Å². The van der Waals surface area contributed by atoms with Crippen molar-refractivity contribution in [3.63, 3.8) is 0 Å². The molecule has 0 bridgehead atoms. The van der Waals surface area contributed by atoms with Gasteiger partial charge in [-0.15, -0.1) is 24.0 Å². The number of hydrogen-bond acceptors (Lipinski definition) is 3. The zero-order valence-corrected chi connectivity index (χ0v) is 20.4. The third-order valence-electron chi connectivity index (χ3n) is 4.33. The minimum absolute atomic E-state index is 0. The number of amides is 1. The number of rotatable bonds is 10. The number of nitrogens with one attached hydrogen (secondary N) is 3. The summed E-state index contributed by atoms with van der Waals surface area (Å²) in [5.74, 6) is 1.71. The Hall–Kier alpha value is -2.29. The molecule has 0 radical (unpaired) electrons. The van der Waals surface area contributed by atoms with E-state index in [0.717, 1.165) is 54.5 Å². The first-order chi connectivity index (χ1) is 14.2. The molecule has 2 aromatic rings. The van der Waals surface area contributed by atoms with Gasteiger partial charge in [-0.05, 0) is 49.1 Å². The van der Waals surface area contributed by atoms with Crippen molar-refractivity contribution < 1.29 is 9.53 Å². The van der Waals surface area contributed by atoms with Crippen molar-refractivity contribution in [3.8, 4) is 5.75 Å². The fourth-order valence-electron chi connectivity index (χ4n) is 2.94. The fourth-order valence-corrected chi connectivity index (χ4v) is 2.94.